The summed E-state index contributed by atoms with van der Waals surface area (Å²) in [5.74, 6) is 1.14. The molecule has 1 aromatic heterocycles. The van der Waals surface area contributed by atoms with Crippen molar-refractivity contribution in [3.63, 3.8) is 0 Å². The van der Waals surface area contributed by atoms with Gasteiger partial charge in [-0.1, -0.05) is 0 Å². The second-order valence-electron chi connectivity index (χ2n) is 5.95. The first-order valence-electron chi connectivity index (χ1n) is 7.45. The summed E-state index contributed by atoms with van der Waals surface area (Å²) in [6.45, 7) is 6.40. The number of nitrogens with zero attached hydrogens (tertiary/aromatic N) is 4. The summed E-state index contributed by atoms with van der Waals surface area (Å²) in [6.07, 6.45) is 3.75. The minimum absolute atomic E-state index is 0.123. The molecule has 0 aliphatic carbocycles. The molecule has 0 radical (unpaired) electrons. The molecule has 0 bridgehead atoms. The lowest BCUT2D eigenvalue weighted by Gasteiger charge is -2.28. The van der Waals surface area contributed by atoms with Gasteiger partial charge in [0.05, 0.1) is 11.3 Å². The Morgan fingerprint density at radius 2 is 2.05 bits per heavy atom. The molecule has 3 rings (SSSR count). The molecule has 2 saturated heterocycles. The number of nitrogen functional groups attached to an aromatic ring is 1. The fourth-order valence-electron chi connectivity index (χ4n) is 3.72. The number of fused-ring (bicyclic) bond motifs is 1. The van der Waals surface area contributed by atoms with Crippen molar-refractivity contribution in [1.82, 2.24) is 14.7 Å². The minimum Gasteiger partial charge on any atom is -0.384 e. The first-order chi connectivity index (χ1) is 9.58. The van der Waals surface area contributed by atoms with Gasteiger partial charge in [-0.2, -0.15) is 5.10 Å². The Kier molecular flexibility index (Phi) is 3.41. The molecule has 0 amide bonds. The average Bonchev–Trinajstić information content (AvgIpc) is 2.87. The summed E-state index contributed by atoms with van der Waals surface area (Å²) >= 11 is 0. The lowest BCUT2D eigenvalue weighted by Crippen LogP contribution is -2.38. The van der Waals surface area contributed by atoms with Crippen LogP contribution in [-0.4, -0.2) is 52.7 Å². The Balaban J connectivity index is 1.94. The van der Waals surface area contributed by atoms with Crippen LogP contribution in [0.15, 0.2) is 0 Å². The van der Waals surface area contributed by atoms with Crippen molar-refractivity contribution in [2.75, 3.05) is 31.1 Å². The number of rotatable bonds is 2. The van der Waals surface area contributed by atoms with Crippen LogP contribution in [0.1, 0.15) is 30.5 Å². The first-order valence-corrected chi connectivity index (χ1v) is 7.45. The molecule has 3 heterocycles. The smallest absolute Gasteiger partial charge is 0.137 e. The second kappa shape index (κ2) is 5.09. The summed E-state index contributed by atoms with van der Waals surface area (Å²) in [5, 5.41) is 12.3. The van der Waals surface area contributed by atoms with Crippen molar-refractivity contribution in [2.24, 2.45) is 12.8 Å². The van der Waals surface area contributed by atoms with E-state index >= 15 is 0 Å². The molecular formula is C14H24N6. The summed E-state index contributed by atoms with van der Waals surface area (Å²) < 4.78 is 1.89. The van der Waals surface area contributed by atoms with Crippen LogP contribution in [-0.2, 0) is 7.05 Å². The van der Waals surface area contributed by atoms with E-state index < -0.39 is 0 Å². The van der Waals surface area contributed by atoms with E-state index in [0.29, 0.717) is 6.04 Å². The highest BCUT2D eigenvalue weighted by Crippen LogP contribution is 2.28. The maximum absolute atomic E-state index is 7.84. The lowest BCUT2D eigenvalue weighted by atomic mass is 10.1. The normalized spacial score (nSPS) is 23.7. The van der Waals surface area contributed by atoms with E-state index in [-0.39, 0.29) is 5.84 Å². The third-order valence-corrected chi connectivity index (χ3v) is 4.56. The topological polar surface area (TPSA) is 74.2 Å². The van der Waals surface area contributed by atoms with Crippen molar-refractivity contribution in [2.45, 2.75) is 32.2 Å². The fourth-order valence-corrected chi connectivity index (χ4v) is 3.72. The van der Waals surface area contributed by atoms with Crippen LogP contribution in [0.25, 0.3) is 0 Å². The summed E-state index contributed by atoms with van der Waals surface area (Å²) in [7, 11) is 1.95. The predicted octanol–water partition coefficient (Wildman–Crippen LogP) is 0.687. The SMILES string of the molecule is Cc1nn(C)c(N2CCCN3CCCC3C2)c1C(=N)N. The van der Waals surface area contributed by atoms with E-state index in [1.54, 1.807) is 0 Å². The molecular weight excluding hydrogens is 252 g/mol. The fraction of sp³-hybridized carbons (Fsp3) is 0.714. The Morgan fingerprint density at radius 1 is 1.30 bits per heavy atom. The molecule has 1 atom stereocenters. The van der Waals surface area contributed by atoms with Gasteiger partial charge in [-0.05, 0) is 32.7 Å². The van der Waals surface area contributed by atoms with Crippen LogP contribution in [0.2, 0.25) is 0 Å². The summed E-state index contributed by atoms with van der Waals surface area (Å²) in [5.41, 5.74) is 7.43. The van der Waals surface area contributed by atoms with Crippen molar-refractivity contribution in [1.29, 1.82) is 5.41 Å². The highest BCUT2D eigenvalue weighted by molar-refractivity contribution is 6.00. The number of nitrogens with one attached hydrogen (secondary N) is 1. The monoisotopic (exact) mass is 276 g/mol. The lowest BCUT2D eigenvalue weighted by molar-refractivity contribution is 0.273. The van der Waals surface area contributed by atoms with Gasteiger partial charge in [0.2, 0.25) is 0 Å². The van der Waals surface area contributed by atoms with Crippen molar-refractivity contribution in [3.8, 4) is 0 Å². The molecule has 0 aromatic carbocycles. The molecule has 2 aliphatic rings. The van der Waals surface area contributed by atoms with Crippen LogP contribution in [0, 0.1) is 12.3 Å². The first kappa shape index (κ1) is 13.4. The van der Waals surface area contributed by atoms with E-state index in [0.717, 1.165) is 36.6 Å². The maximum atomic E-state index is 7.84. The number of aromatic nitrogens is 2. The second-order valence-corrected chi connectivity index (χ2v) is 5.95. The zero-order valence-corrected chi connectivity index (χ0v) is 12.4. The Labute approximate surface area is 120 Å². The van der Waals surface area contributed by atoms with E-state index in [1.165, 1.54) is 25.9 Å². The van der Waals surface area contributed by atoms with Gasteiger partial charge in [0.15, 0.2) is 0 Å². The molecule has 110 valence electrons. The van der Waals surface area contributed by atoms with Crippen LogP contribution in [0.3, 0.4) is 0 Å². The molecule has 2 fully saturated rings. The average molecular weight is 276 g/mol. The third-order valence-electron chi connectivity index (χ3n) is 4.56. The molecule has 0 saturated carbocycles. The number of amidine groups is 1. The molecule has 1 unspecified atom stereocenters. The zero-order valence-electron chi connectivity index (χ0n) is 12.4. The van der Waals surface area contributed by atoms with E-state index in [1.807, 2.05) is 18.7 Å². The molecule has 2 aliphatic heterocycles. The standard InChI is InChI=1S/C14H24N6/c1-10-12(13(15)16)14(18(2)17-10)20-8-4-7-19-6-3-5-11(19)9-20/h11H,3-9H2,1-2H3,(H3,15,16). The Bertz CT molecular complexity index is 520. The van der Waals surface area contributed by atoms with Crippen LogP contribution < -0.4 is 10.6 Å². The molecule has 1 aromatic rings. The Morgan fingerprint density at radius 3 is 2.80 bits per heavy atom. The molecule has 6 heteroatoms. The zero-order chi connectivity index (χ0) is 14.3. The van der Waals surface area contributed by atoms with Gasteiger partial charge in [-0.15, -0.1) is 0 Å². The summed E-state index contributed by atoms with van der Waals surface area (Å²) in [4.78, 5) is 4.99. The van der Waals surface area contributed by atoms with Gasteiger partial charge < -0.3 is 10.6 Å². The van der Waals surface area contributed by atoms with Gasteiger partial charge in [-0.3, -0.25) is 15.0 Å². The van der Waals surface area contributed by atoms with Crippen LogP contribution >= 0.6 is 0 Å². The van der Waals surface area contributed by atoms with Gasteiger partial charge in [-0.25, -0.2) is 0 Å². The van der Waals surface area contributed by atoms with Gasteiger partial charge in [0.1, 0.15) is 11.7 Å². The summed E-state index contributed by atoms with van der Waals surface area (Å²) in [6, 6.07) is 0.646. The highest BCUT2D eigenvalue weighted by atomic mass is 15.4. The molecule has 0 spiro atoms. The predicted molar refractivity (Wildman–Crippen MR) is 80.4 cm³/mol. The maximum Gasteiger partial charge on any atom is 0.137 e. The number of hydrogen-bond donors (Lipinski definition) is 2. The number of aryl methyl sites for hydroxylation is 2. The van der Waals surface area contributed by atoms with Gasteiger partial charge in [0, 0.05) is 32.7 Å². The van der Waals surface area contributed by atoms with Crippen LogP contribution in [0.5, 0.6) is 0 Å². The van der Waals surface area contributed by atoms with Gasteiger partial charge in [0.25, 0.3) is 0 Å². The van der Waals surface area contributed by atoms with E-state index in [4.69, 9.17) is 11.1 Å². The van der Waals surface area contributed by atoms with Crippen molar-refractivity contribution in [3.05, 3.63) is 11.3 Å². The molecule has 20 heavy (non-hydrogen) atoms. The quantitative estimate of drug-likeness (QED) is 0.615. The van der Waals surface area contributed by atoms with E-state index in [9.17, 15) is 0 Å². The van der Waals surface area contributed by atoms with Crippen molar-refractivity contribution < 1.29 is 0 Å². The third kappa shape index (κ3) is 2.18. The van der Waals surface area contributed by atoms with E-state index in [2.05, 4.69) is 14.9 Å². The highest BCUT2D eigenvalue weighted by Gasteiger charge is 2.31. The number of nitrogens with two attached hydrogens (primary N) is 1. The molecule has 6 nitrogen and oxygen atoms in total. The number of anilines is 1. The van der Waals surface area contributed by atoms with Crippen LogP contribution in [0.4, 0.5) is 5.82 Å². The number of hydrogen-bond acceptors (Lipinski definition) is 4. The van der Waals surface area contributed by atoms with Crippen molar-refractivity contribution >= 4 is 11.7 Å². The minimum atomic E-state index is 0.123. The largest absolute Gasteiger partial charge is 0.384 e. The molecule has 3 N–H and O–H groups in total. The van der Waals surface area contributed by atoms with Gasteiger partial charge >= 0.3 is 0 Å². The Hall–Kier alpha value is -1.56.